The van der Waals surface area contributed by atoms with Gasteiger partial charge in [-0.3, -0.25) is 0 Å². The van der Waals surface area contributed by atoms with E-state index in [0.717, 1.165) is 10.2 Å². The van der Waals surface area contributed by atoms with Crippen LogP contribution >= 0.6 is 23.7 Å². The van der Waals surface area contributed by atoms with E-state index >= 15 is 0 Å². The zero-order chi connectivity index (χ0) is 15.3. The summed E-state index contributed by atoms with van der Waals surface area (Å²) in [6, 6.07) is 5.15. The number of hydrogen-bond acceptors (Lipinski definition) is 5. The maximum atomic E-state index is 12.8. The van der Waals surface area contributed by atoms with E-state index in [9.17, 15) is 8.42 Å². The first-order valence-corrected chi connectivity index (χ1v) is 9.22. The molecule has 0 radical (unpaired) electrons. The number of benzene rings is 1. The molecule has 8 heteroatoms. The Morgan fingerprint density at radius 1 is 1.41 bits per heavy atom. The number of piperidine rings is 1. The summed E-state index contributed by atoms with van der Waals surface area (Å²) in [5.74, 6) is 0. The van der Waals surface area contributed by atoms with Gasteiger partial charge in [-0.05, 0) is 30.0 Å². The van der Waals surface area contributed by atoms with Crippen molar-refractivity contribution in [1.29, 1.82) is 0 Å². The Morgan fingerprint density at radius 2 is 2.14 bits per heavy atom. The summed E-state index contributed by atoms with van der Waals surface area (Å²) in [7, 11) is -3.47. The van der Waals surface area contributed by atoms with Crippen LogP contribution in [0.5, 0.6) is 0 Å². The average molecular weight is 362 g/mol. The van der Waals surface area contributed by atoms with E-state index in [4.69, 9.17) is 5.73 Å². The molecule has 0 bridgehead atoms. The fraction of sp³-hybridized carbons (Fsp3) is 0.500. The third-order valence-electron chi connectivity index (χ3n) is 4.22. The number of halogens is 1. The van der Waals surface area contributed by atoms with E-state index in [0.29, 0.717) is 24.4 Å². The molecule has 1 aliphatic heterocycles. The van der Waals surface area contributed by atoms with Gasteiger partial charge in [0.2, 0.25) is 10.0 Å². The zero-order valence-corrected chi connectivity index (χ0v) is 15.0. The molecule has 1 saturated heterocycles. The number of aromatic nitrogens is 1. The van der Waals surface area contributed by atoms with Gasteiger partial charge in [-0.1, -0.05) is 13.8 Å². The van der Waals surface area contributed by atoms with Crippen LogP contribution in [0.15, 0.2) is 28.6 Å². The monoisotopic (exact) mass is 361 g/mol. The number of thiazole rings is 1. The highest BCUT2D eigenvalue weighted by molar-refractivity contribution is 7.89. The van der Waals surface area contributed by atoms with Crippen LogP contribution in [0.4, 0.5) is 0 Å². The molecule has 2 heterocycles. The molecule has 1 atom stereocenters. The van der Waals surface area contributed by atoms with E-state index in [2.05, 4.69) is 4.98 Å². The molecule has 1 fully saturated rings. The number of fused-ring (bicyclic) bond motifs is 1. The predicted octanol–water partition coefficient (Wildman–Crippen LogP) is 2.47. The van der Waals surface area contributed by atoms with E-state index < -0.39 is 10.0 Å². The number of rotatable bonds is 2. The van der Waals surface area contributed by atoms with Gasteiger partial charge in [0.25, 0.3) is 0 Å². The van der Waals surface area contributed by atoms with E-state index in [1.165, 1.54) is 11.3 Å². The Balaban J connectivity index is 0.00000176. The molecule has 2 aromatic rings. The molecule has 1 aliphatic rings. The van der Waals surface area contributed by atoms with Crippen LogP contribution < -0.4 is 5.73 Å². The standard InChI is InChI=1S/C14H19N3O2S2.ClH/c1-14(2)8-17(6-5-13(14)15)21(18,19)10-3-4-11-12(7-10)20-9-16-11;/h3-4,7,9,13H,5-6,8,15H2,1-2H3;1H. The molecule has 1 unspecified atom stereocenters. The van der Waals surface area contributed by atoms with Crippen molar-refractivity contribution < 1.29 is 8.42 Å². The second-order valence-corrected chi connectivity index (χ2v) is 9.03. The average Bonchev–Trinajstić information content (AvgIpc) is 2.88. The third-order valence-corrected chi connectivity index (χ3v) is 6.85. The third kappa shape index (κ3) is 3.00. The van der Waals surface area contributed by atoms with Crippen LogP contribution in [-0.4, -0.2) is 36.8 Å². The minimum atomic E-state index is -3.47. The Morgan fingerprint density at radius 3 is 2.82 bits per heavy atom. The van der Waals surface area contributed by atoms with Crippen molar-refractivity contribution >= 4 is 44.0 Å². The van der Waals surface area contributed by atoms with Gasteiger partial charge in [0.15, 0.2) is 0 Å². The number of sulfonamides is 1. The van der Waals surface area contributed by atoms with Crippen molar-refractivity contribution in [2.45, 2.75) is 31.2 Å². The summed E-state index contributed by atoms with van der Waals surface area (Å²) < 4.78 is 28.1. The Labute approximate surface area is 141 Å². The molecule has 22 heavy (non-hydrogen) atoms. The maximum absolute atomic E-state index is 12.8. The van der Waals surface area contributed by atoms with Crippen molar-refractivity contribution in [3.63, 3.8) is 0 Å². The van der Waals surface area contributed by atoms with E-state index in [1.54, 1.807) is 28.0 Å². The first-order chi connectivity index (χ1) is 9.80. The van der Waals surface area contributed by atoms with Gasteiger partial charge < -0.3 is 5.73 Å². The van der Waals surface area contributed by atoms with Crippen LogP contribution in [0.25, 0.3) is 10.2 Å². The summed E-state index contributed by atoms with van der Waals surface area (Å²) in [6.07, 6.45) is 0.690. The lowest BCUT2D eigenvalue weighted by Gasteiger charge is -2.41. The fourth-order valence-corrected chi connectivity index (χ4v) is 5.12. The number of nitrogens with zero attached hydrogens (tertiary/aromatic N) is 2. The molecule has 0 saturated carbocycles. The molecule has 122 valence electrons. The van der Waals surface area contributed by atoms with Gasteiger partial charge in [0.05, 0.1) is 20.6 Å². The van der Waals surface area contributed by atoms with Crippen LogP contribution in [-0.2, 0) is 10.0 Å². The SMILES string of the molecule is CC1(C)CN(S(=O)(=O)c2ccc3ncsc3c2)CCC1N.Cl. The Hall–Kier alpha value is -0.730. The maximum Gasteiger partial charge on any atom is 0.243 e. The van der Waals surface area contributed by atoms with Gasteiger partial charge in [0, 0.05) is 19.1 Å². The summed E-state index contributed by atoms with van der Waals surface area (Å²) in [4.78, 5) is 4.52. The van der Waals surface area contributed by atoms with Crippen LogP contribution in [0.1, 0.15) is 20.3 Å². The first-order valence-electron chi connectivity index (χ1n) is 6.90. The van der Waals surface area contributed by atoms with Gasteiger partial charge in [-0.25, -0.2) is 13.4 Å². The topological polar surface area (TPSA) is 76.3 Å². The van der Waals surface area contributed by atoms with Crippen molar-refractivity contribution in [3.8, 4) is 0 Å². The molecule has 0 amide bonds. The van der Waals surface area contributed by atoms with Gasteiger partial charge >= 0.3 is 0 Å². The Bertz CT molecular complexity index is 773. The predicted molar refractivity (Wildman–Crippen MR) is 92.0 cm³/mol. The lowest BCUT2D eigenvalue weighted by Crippen LogP contribution is -2.53. The number of hydrogen-bond donors (Lipinski definition) is 1. The van der Waals surface area contributed by atoms with Crippen molar-refractivity contribution in [1.82, 2.24) is 9.29 Å². The summed E-state index contributed by atoms with van der Waals surface area (Å²) in [5.41, 5.74) is 8.44. The highest BCUT2D eigenvalue weighted by Crippen LogP contribution is 2.32. The minimum absolute atomic E-state index is 0. The zero-order valence-electron chi connectivity index (χ0n) is 12.5. The van der Waals surface area contributed by atoms with Crippen LogP contribution in [0, 0.1) is 5.41 Å². The molecule has 5 nitrogen and oxygen atoms in total. The highest BCUT2D eigenvalue weighted by atomic mass is 35.5. The quantitative estimate of drug-likeness (QED) is 0.891. The second kappa shape index (κ2) is 6.05. The van der Waals surface area contributed by atoms with Crippen molar-refractivity contribution in [3.05, 3.63) is 23.7 Å². The lowest BCUT2D eigenvalue weighted by molar-refractivity contribution is 0.155. The molecule has 2 N–H and O–H groups in total. The molecular weight excluding hydrogens is 342 g/mol. The largest absolute Gasteiger partial charge is 0.327 e. The molecule has 1 aromatic heterocycles. The van der Waals surface area contributed by atoms with Crippen LogP contribution in [0.2, 0.25) is 0 Å². The van der Waals surface area contributed by atoms with Crippen molar-refractivity contribution in [2.75, 3.05) is 13.1 Å². The van der Waals surface area contributed by atoms with Gasteiger partial charge in [0.1, 0.15) is 0 Å². The molecule has 0 spiro atoms. The van der Waals surface area contributed by atoms with Crippen molar-refractivity contribution in [2.24, 2.45) is 11.1 Å². The molecule has 1 aromatic carbocycles. The lowest BCUT2D eigenvalue weighted by atomic mass is 9.81. The molecular formula is C14H20ClN3O2S2. The molecule has 0 aliphatic carbocycles. The highest BCUT2D eigenvalue weighted by Gasteiger charge is 2.38. The number of nitrogens with two attached hydrogens (primary N) is 1. The van der Waals surface area contributed by atoms with E-state index in [1.807, 2.05) is 13.8 Å². The molecule has 3 rings (SSSR count). The Kier molecular flexibility index (Phi) is 4.85. The first kappa shape index (κ1) is 17.6. The normalized spacial score (nSPS) is 22.4. The minimum Gasteiger partial charge on any atom is -0.327 e. The fourth-order valence-electron chi connectivity index (χ4n) is 2.67. The van der Waals surface area contributed by atoms with Crippen LogP contribution in [0.3, 0.4) is 0 Å². The van der Waals surface area contributed by atoms with Gasteiger partial charge in [-0.15, -0.1) is 23.7 Å². The summed E-state index contributed by atoms with van der Waals surface area (Å²) in [6.45, 7) is 4.97. The van der Waals surface area contributed by atoms with Gasteiger partial charge in [-0.2, -0.15) is 4.31 Å². The second-order valence-electron chi connectivity index (χ2n) is 6.20. The van der Waals surface area contributed by atoms with E-state index in [-0.39, 0.29) is 23.9 Å². The summed E-state index contributed by atoms with van der Waals surface area (Å²) >= 11 is 1.45. The summed E-state index contributed by atoms with van der Waals surface area (Å²) in [5, 5.41) is 0. The smallest absolute Gasteiger partial charge is 0.243 e.